The van der Waals surface area contributed by atoms with Gasteiger partial charge in [0.2, 0.25) is 0 Å². The molecule has 4 aromatic rings. The molecule has 1 amide bonds. The number of aromatic nitrogens is 3. The molecule has 0 radical (unpaired) electrons. The number of anilines is 1. The molecule has 0 aliphatic carbocycles. The molecule has 0 atom stereocenters. The van der Waals surface area contributed by atoms with Crippen LogP contribution in [0.25, 0.3) is 22.4 Å². The maximum atomic E-state index is 12.7. The van der Waals surface area contributed by atoms with Crippen LogP contribution in [0.3, 0.4) is 0 Å². The van der Waals surface area contributed by atoms with E-state index in [1.165, 1.54) is 4.57 Å². The predicted octanol–water partition coefficient (Wildman–Crippen LogP) is 3.81. The molecular formula is C23H20N4O2. The third-order valence-corrected chi connectivity index (χ3v) is 4.84. The van der Waals surface area contributed by atoms with Crippen LogP contribution in [-0.4, -0.2) is 20.4 Å². The molecule has 0 unspecified atom stereocenters. The van der Waals surface area contributed by atoms with Gasteiger partial charge < -0.3 is 5.32 Å². The molecule has 0 saturated carbocycles. The Morgan fingerprint density at radius 3 is 2.62 bits per heavy atom. The van der Waals surface area contributed by atoms with Crippen molar-refractivity contribution < 1.29 is 4.79 Å². The molecule has 0 bridgehead atoms. The third kappa shape index (κ3) is 3.65. The van der Waals surface area contributed by atoms with Crippen LogP contribution in [0.1, 0.15) is 22.8 Å². The Kier molecular flexibility index (Phi) is 4.91. The van der Waals surface area contributed by atoms with E-state index in [-0.39, 0.29) is 11.5 Å². The van der Waals surface area contributed by atoms with Crippen molar-refractivity contribution in [2.75, 3.05) is 5.32 Å². The summed E-state index contributed by atoms with van der Waals surface area (Å²) in [6.45, 7) is 2.07. The maximum absolute atomic E-state index is 12.7. The number of pyridine rings is 1. The van der Waals surface area contributed by atoms with Crippen LogP contribution in [0.5, 0.6) is 0 Å². The van der Waals surface area contributed by atoms with Crippen molar-refractivity contribution in [1.29, 1.82) is 0 Å². The molecule has 2 heterocycles. The molecule has 1 N–H and O–H groups in total. The molecule has 0 aliphatic rings. The van der Waals surface area contributed by atoms with Gasteiger partial charge in [0.15, 0.2) is 5.65 Å². The van der Waals surface area contributed by atoms with E-state index < -0.39 is 0 Å². The van der Waals surface area contributed by atoms with E-state index in [1.807, 2.05) is 30.3 Å². The van der Waals surface area contributed by atoms with Gasteiger partial charge in [-0.3, -0.25) is 14.2 Å². The Morgan fingerprint density at radius 2 is 1.86 bits per heavy atom. The number of rotatable bonds is 4. The summed E-state index contributed by atoms with van der Waals surface area (Å²) in [4.78, 5) is 33.9. The number of aryl methyl sites for hydroxylation is 2. The summed E-state index contributed by atoms with van der Waals surface area (Å²) in [6, 6.07) is 18.2. The number of nitrogens with one attached hydrogen (secondary N) is 1. The van der Waals surface area contributed by atoms with E-state index in [0.717, 1.165) is 17.7 Å². The normalized spacial score (nSPS) is 10.8. The standard InChI is InChI=1S/C23H20N4O2/c1-3-15-6-4-7-18(14-15)25-22(28)17-11-9-16(10-12-17)20-23(29)27(2)21-19(26-20)8-5-13-24-21/h4-14H,3H2,1-2H3,(H,25,28). The number of carbonyl (C=O) groups excluding carboxylic acids is 1. The second kappa shape index (κ2) is 7.67. The van der Waals surface area contributed by atoms with Gasteiger partial charge >= 0.3 is 0 Å². The number of amides is 1. The molecular weight excluding hydrogens is 364 g/mol. The van der Waals surface area contributed by atoms with Gasteiger partial charge in [-0.1, -0.05) is 31.2 Å². The zero-order valence-electron chi connectivity index (χ0n) is 16.2. The zero-order chi connectivity index (χ0) is 20.4. The van der Waals surface area contributed by atoms with E-state index in [4.69, 9.17) is 0 Å². The van der Waals surface area contributed by atoms with Crippen LogP contribution in [0.15, 0.2) is 71.7 Å². The largest absolute Gasteiger partial charge is 0.322 e. The Morgan fingerprint density at radius 1 is 1.07 bits per heavy atom. The van der Waals surface area contributed by atoms with Crippen molar-refractivity contribution in [2.24, 2.45) is 7.05 Å². The summed E-state index contributed by atoms with van der Waals surface area (Å²) in [7, 11) is 1.68. The lowest BCUT2D eigenvalue weighted by molar-refractivity contribution is 0.102. The first-order chi connectivity index (χ1) is 14.1. The molecule has 29 heavy (non-hydrogen) atoms. The van der Waals surface area contributed by atoms with Crippen LogP contribution in [0, 0.1) is 0 Å². The molecule has 4 rings (SSSR count). The number of benzene rings is 2. The molecule has 0 spiro atoms. The summed E-state index contributed by atoms with van der Waals surface area (Å²) in [5.74, 6) is -0.201. The molecule has 2 aromatic heterocycles. The first-order valence-corrected chi connectivity index (χ1v) is 9.39. The van der Waals surface area contributed by atoms with Crippen molar-refractivity contribution in [3.63, 3.8) is 0 Å². The van der Waals surface area contributed by atoms with Crippen molar-refractivity contribution >= 4 is 22.8 Å². The van der Waals surface area contributed by atoms with E-state index in [9.17, 15) is 9.59 Å². The minimum atomic E-state index is -0.232. The van der Waals surface area contributed by atoms with Crippen LogP contribution in [-0.2, 0) is 13.5 Å². The van der Waals surface area contributed by atoms with Gasteiger partial charge in [-0.05, 0) is 48.4 Å². The molecule has 0 aliphatic heterocycles. The molecule has 0 saturated heterocycles. The van der Waals surface area contributed by atoms with Crippen LogP contribution >= 0.6 is 0 Å². The highest BCUT2D eigenvalue weighted by molar-refractivity contribution is 6.04. The quantitative estimate of drug-likeness (QED) is 0.580. The van der Waals surface area contributed by atoms with Gasteiger partial charge in [0.25, 0.3) is 11.5 Å². The average molecular weight is 384 g/mol. The van der Waals surface area contributed by atoms with Crippen molar-refractivity contribution in [2.45, 2.75) is 13.3 Å². The minimum Gasteiger partial charge on any atom is -0.322 e. The summed E-state index contributed by atoms with van der Waals surface area (Å²) in [5, 5.41) is 2.91. The fourth-order valence-corrected chi connectivity index (χ4v) is 3.20. The van der Waals surface area contributed by atoms with E-state index in [0.29, 0.717) is 28.0 Å². The SMILES string of the molecule is CCc1cccc(NC(=O)c2ccc(-c3nc4cccnc4n(C)c3=O)cc2)c1. The fourth-order valence-electron chi connectivity index (χ4n) is 3.20. The predicted molar refractivity (Wildman–Crippen MR) is 114 cm³/mol. The Balaban J connectivity index is 1.62. The summed E-state index contributed by atoms with van der Waals surface area (Å²) < 4.78 is 1.49. The van der Waals surface area contributed by atoms with Gasteiger partial charge in [0.05, 0.1) is 0 Å². The van der Waals surface area contributed by atoms with Crippen LogP contribution < -0.4 is 10.9 Å². The summed E-state index contributed by atoms with van der Waals surface area (Å²) in [6.07, 6.45) is 2.54. The maximum Gasteiger partial charge on any atom is 0.278 e. The Hall–Kier alpha value is -3.80. The first kappa shape index (κ1) is 18.6. The molecule has 0 fully saturated rings. The highest BCUT2D eigenvalue weighted by Crippen LogP contribution is 2.18. The number of nitrogens with zero attached hydrogens (tertiary/aromatic N) is 3. The van der Waals surface area contributed by atoms with Crippen LogP contribution in [0.4, 0.5) is 5.69 Å². The molecule has 144 valence electrons. The van der Waals surface area contributed by atoms with E-state index >= 15 is 0 Å². The lowest BCUT2D eigenvalue weighted by Gasteiger charge is -2.09. The highest BCUT2D eigenvalue weighted by Gasteiger charge is 2.13. The zero-order valence-corrected chi connectivity index (χ0v) is 16.2. The van der Waals surface area contributed by atoms with E-state index in [2.05, 4.69) is 22.2 Å². The second-order valence-electron chi connectivity index (χ2n) is 6.76. The lowest BCUT2D eigenvalue weighted by Crippen LogP contribution is -2.21. The Bertz CT molecular complexity index is 1260. The minimum absolute atomic E-state index is 0.201. The monoisotopic (exact) mass is 384 g/mol. The van der Waals surface area contributed by atoms with Crippen LogP contribution in [0.2, 0.25) is 0 Å². The molecule has 2 aromatic carbocycles. The third-order valence-electron chi connectivity index (χ3n) is 4.84. The van der Waals surface area contributed by atoms with Gasteiger partial charge in [-0.2, -0.15) is 0 Å². The van der Waals surface area contributed by atoms with Crippen molar-refractivity contribution in [3.8, 4) is 11.3 Å². The second-order valence-corrected chi connectivity index (χ2v) is 6.76. The topological polar surface area (TPSA) is 76.9 Å². The van der Waals surface area contributed by atoms with E-state index in [1.54, 1.807) is 43.6 Å². The smallest absolute Gasteiger partial charge is 0.278 e. The number of hydrogen-bond donors (Lipinski definition) is 1. The average Bonchev–Trinajstić information content (AvgIpc) is 2.76. The van der Waals surface area contributed by atoms with Gasteiger partial charge in [-0.25, -0.2) is 9.97 Å². The van der Waals surface area contributed by atoms with Gasteiger partial charge in [-0.15, -0.1) is 0 Å². The van der Waals surface area contributed by atoms with Gasteiger partial charge in [0, 0.05) is 30.1 Å². The summed E-state index contributed by atoms with van der Waals surface area (Å²) >= 11 is 0. The number of fused-ring (bicyclic) bond motifs is 1. The number of hydrogen-bond acceptors (Lipinski definition) is 4. The summed E-state index contributed by atoms with van der Waals surface area (Å²) in [5.41, 5.74) is 4.35. The molecule has 6 nitrogen and oxygen atoms in total. The van der Waals surface area contributed by atoms with Gasteiger partial charge in [0.1, 0.15) is 11.2 Å². The lowest BCUT2D eigenvalue weighted by atomic mass is 10.1. The van der Waals surface area contributed by atoms with Crippen molar-refractivity contribution in [3.05, 3.63) is 88.3 Å². The number of carbonyl (C=O) groups is 1. The highest BCUT2D eigenvalue weighted by atomic mass is 16.1. The fraction of sp³-hybridized carbons (Fsp3) is 0.130. The molecule has 6 heteroatoms. The first-order valence-electron chi connectivity index (χ1n) is 9.39. The van der Waals surface area contributed by atoms with Crippen molar-refractivity contribution in [1.82, 2.24) is 14.5 Å². The Labute approximate surface area is 167 Å².